The summed E-state index contributed by atoms with van der Waals surface area (Å²) in [6.45, 7) is -2.68. The van der Waals surface area contributed by atoms with Crippen molar-refractivity contribution in [1.29, 1.82) is 0 Å². The second-order valence-corrected chi connectivity index (χ2v) is 6.27. The van der Waals surface area contributed by atoms with Crippen molar-refractivity contribution in [3.63, 3.8) is 0 Å². The molecule has 0 atom stereocenters. The third-order valence-corrected chi connectivity index (χ3v) is 3.93. The second-order valence-electron chi connectivity index (χ2n) is 5.36. The van der Waals surface area contributed by atoms with E-state index in [1.807, 2.05) is 6.20 Å². The van der Waals surface area contributed by atoms with Gasteiger partial charge in [-0.3, -0.25) is 4.79 Å². The average molecular weight is 422 g/mol. The van der Waals surface area contributed by atoms with Crippen molar-refractivity contribution in [2.45, 2.75) is 13.2 Å². The number of ether oxygens (including phenoxy) is 1. The Balaban J connectivity index is 1.61. The smallest absolute Gasteiger partial charge is 0.387 e. The van der Waals surface area contributed by atoms with Gasteiger partial charge in [-0.2, -0.15) is 13.9 Å². The molecule has 3 aromatic rings. The van der Waals surface area contributed by atoms with Gasteiger partial charge in [-0.05, 0) is 57.9 Å². The third-order valence-electron chi connectivity index (χ3n) is 3.52. The maximum atomic E-state index is 12.2. The van der Waals surface area contributed by atoms with Crippen LogP contribution in [0.4, 0.5) is 8.78 Å². The molecule has 0 unspecified atom stereocenters. The van der Waals surface area contributed by atoms with E-state index in [-0.39, 0.29) is 18.2 Å². The normalized spacial score (nSPS) is 10.8. The molecule has 5 nitrogen and oxygen atoms in total. The number of aromatic nitrogens is 2. The van der Waals surface area contributed by atoms with Gasteiger partial charge >= 0.3 is 6.61 Å². The first kappa shape index (κ1) is 18.1. The van der Waals surface area contributed by atoms with Crippen molar-refractivity contribution in [3.8, 4) is 11.4 Å². The van der Waals surface area contributed by atoms with Crippen LogP contribution in [0.15, 0.2) is 65.4 Å². The zero-order valence-corrected chi connectivity index (χ0v) is 15.0. The van der Waals surface area contributed by atoms with Gasteiger partial charge in [0.2, 0.25) is 0 Å². The first-order chi connectivity index (χ1) is 12.5. The van der Waals surface area contributed by atoms with Crippen molar-refractivity contribution in [1.82, 2.24) is 15.1 Å². The summed E-state index contributed by atoms with van der Waals surface area (Å²) in [6.07, 6.45) is 3.48. The largest absolute Gasteiger partial charge is 0.435 e. The fourth-order valence-electron chi connectivity index (χ4n) is 2.32. The number of carbonyl (C=O) groups excluding carboxylic acids is 1. The highest BCUT2D eigenvalue weighted by molar-refractivity contribution is 9.10. The fourth-order valence-corrected chi connectivity index (χ4v) is 2.61. The lowest BCUT2D eigenvalue weighted by Crippen LogP contribution is -2.22. The minimum atomic E-state index is -2.88. The molecular formula is C18H14BrF2N3O2. The van der Waals surface area contributed by atoms with Crippen LogP contribution >= 0.6 is 15.9 Å². The molecule has 26 heavy (non-hydrogen) atoms. The molecule has 1 heterocycles. The summed E-state index contributed by atoms with van der Waals surface area (Å²) in [5, 5.41) is 6.92. The van der Waals surface area contributed by atoms with Gasteiger partial charge in [-0.15, -0.1) is 0 Å². The van der Waals surface area contributed by atoms with Crippen LogP contribution in [-0.2, 0) is 6.54 Å². The predicted molar refractivity (Wildman–Crippen MR) is 95.5 cm³/mol. The zero-order valence-electron chi connectivity index (χ0n) is 13.4. The number of hydrogen-bond acceptors (Lipinski definition) is 3. The van der Waals surface area contributed by atoms with E-state index in [9.17, 15) is 13.6 Å². The molecular weight excluding hydrogens is 408 g/mol. The molecule has 3 rings (SSSR count). The number of benzene rings is 2. The molecule has 1 N–H and O–H groups in total. The van der Waals surface area contributed by atoms with Crippen LogP contribution in [0.2, 0.25) is 0 Å². The van der Waals surface area contributed by atoms with E-state index in [1.54, 1.807) is 47.3 Å². The molecule has 0 saturated carbocycles. The molecule has 0 aliphatic carbocycles. The number of amides is 1. The Morgan fingerprint density at radius 3 is 2.65 bits per heavy atom. The molecule has 8 heteroatoms. The summed E-state index contributed by atoms with van der Waals surface area (Å²) < 4.78 is 31.4. The number of hydrogen-bond donors (Lipinski definition) is 1. The minimum absolute atomic E-state index is 0.0569. The fraction of sp³-hybridized carbons (Fsp3) is 0.111. The molecule has 1 amide bonds. The van der Waals surface area contributed by atoms with Crippen LogP contribution in [0.3, 0.4) is 0 Å². The number of nitrogens with zero attached hydrogens (tertiary/aromatic N) is 2. The highest BCUT2D eigenvalue weighted by Gasteiger charge is 2.08. The molecule has 1 aromatic heterocycles. The second kappa shape index (κ2) is 8.09. The third kappa shape index (κ3) is 4.66. The summed E-state index contributed by atoms with van der Waals surface area (Å²) >= 11 is 3.33. The highest BCUT2D eigenvalue weighted by Crippen LogP contribution is 2.16. The summed E-state index contributed by atoms with van der Waals surface area (Å²) in [5.74, 6) is -0.208. The maximum Gasteiger partial charge on any atom is 0.387 e. The van der Waals surface area contributed by atoms with Crippen LogP contribution in [0.25, 0.3) is 5.69 Å². The van der Waals surface area contributed by atoms with Gasteiger partial charge in [0.25, 0.3) is 5.91 Å². The van der Waals surface area contributed by atoms with E-state index in [4.69, 9.17) is 0 Å². The van der Waals surface area contributed by atoms with E-state index in [2.05, 4.69) is 31.1 Å². The van der Waals surface area contributed by atoms with Gasteiger partial charge in [-0.25, -0.2) is 4.68 Å². The standard InChI is InChI=1S/C18H14BrF2N3O2/c19-14-10-23-24(11-14)15-6-4-13(5-7-15)17(25)22-9-12-2-1-3-16(8-12)26-18(20)21/h1-8,10-11,18H,9H2,(H,22,25). The maximum absolute atomic E-state index is 12.2. The van der Waals surface area contributed by atoms with Crippen molar-refractivity contribution in [2.75, 3.05) is 0 Å². The molecule has 0 aliphatic heterocycles. The number of nitrogens with one attached hydrogen (secondary N) is 1. The highest BCUT2D eigenvalue weighted by atomic mass is 79.9. The van der Waals surface area contributed by atoms with Crippen LogP contribution in [0.1, 0.15) is 15.9 Å². The van der Waals surface area contributed by atoms with Crippen LogP contribution in [-0.4, -0.2) is 22.3 Å². The van der Waals surface area contributed by atoms with Crippen molar-refractivity contribution < 1.29 is 18.3 Å². The van der Waals surface area contributed by atoms with Gasteiger partial charge < -0.3 is 10.1 Å². The molecule has 0 radical (unpaired) electrons. The zero-order chi connectivity index (χ0) is 18.5. The molecule has 2 aromatic carbocycles. The monoisotopic (exact) mass is 421 g/mol. The van der Waals surface area contributed by atoms with Crippen molar-refractivity contribution in [2.24, 2.45) is 0 Å². The molecule has 0 fully saturated rings. The molecule has 0 bridgehead atoms. The first-order valence-corrected chi connectivity index (χ1v) is 8.43. The van der Waals surface area contributed by atoms with Crippen LogP contribution in [0, 0.1) is 0 Å². The van der Waals surface area contributed by atoms with E-state index in [0.29, 0.717) is 11.1 Å². The van der Waals surface area contributed by atoms with Gasteiger partial charge in [-0.1, -0.05) is 12.1 Å². The summed E-state index contributed by atoms with van der Waals surface area (Å²) in [4.78, 5) is 12.2. The Morgan fingerprint density at radius 2 is 2.00 bits per heavy atom. The van der Waals surface area contributed by atoms with E-state index >= 15 is 0 Å². The SMILES string of the molecule is O=C(NCc1cccc(OC(F)F)c1)c1ccc(-n2cc(Br)cn2)cc1. The van der Waals surface area contributed by atoms with Crippen molar-refractivity contribution >= 4 is 21.8 Å². The summed E-state index contributed by atoms with van der Waals surface area (Å²) in [5.41, 5.74) is 1.97. The Labute approximate surface area is 156 Å². The predicted octanol–water partition coefficient (Wildman–Crippen LogP) is 4.17. The molecule has 0 spiro atoms. The van der Waals surface area contributed by atoms with Gasteiger partial charge in [0, 0.05) is 18.3 Å². The lowest BCUT2D eigenvalue weighted by atomic mass is 10.1. The van der Waals surface area contributed by atoms with E-state index < -0.39 is 6.61 Å². The summed E-state index contributed by atoms with van der Waals surface area (Å²) in [6, 6.07) is 13.2. The van der Waals surface area contributed by atoms with Gasteiger partial charge in [0.15, 0.2) is 0 Å². The molecule has 0 saturated heterocycles. The molecule has 0 aliphatic rings. The summed E-state index contributed by atoms with van der Waals surface area (Å²) in [7, 11) is 0. The van der Waals surface area contributed by atoms with Crippen molar-refractivity contribution in [3.05, 3.63) is 76.5 Å². The Bertz CT molecular complexity index is 897. The van der Waals surface area contributed by atoms with E-state index in [0.717, 1.165) is 10.2 Å². The Hall–Kier alpha value is -2.74. The quantitative estimate of drug-likeness (QED) is 0.649. The molecule has 134 valence electrons. The van der Waals surface area contributed by atoms with Crippen LogP contribution in [0.5, 0.6) is 5.75 Å². The van der Waals surface area contributed by atoms with Crippen LogP contribution < -0.4 is 10.1 Å². The average Bonchev–Trinajstić information content (AvgIpc) is 3.06. The Morgan fingerprint density at radius 1 is 1.23 bits per heavy atom. The number of carbonyl (C=O) groups is 1. The lowest BCUT2D eigenvalue weighted by Gasteiger charge is -2.09. The van der Waals surface area contributed by atoms with E-state index in [1.165, 1.54) is 12.1 Å². The minimum Gasteiger partial charge on any atom is -0.435 e. The number of alkyl halides is 2. The van der Waals surface area contributed by atoms with Gasteiger partial charge in [0.05, 0.1) is 16.4 Å². The number of rotatable bonds is 6. The Kier molecular flexibility index (Phi) is 5.62. The first-order valence-electron chi connectivity index (χ1n) is 7.64. The topological polar surface area (TPSA) is 56.1 Å². The number of halogens is 3. The van der Waals surface area contributed by atoms with Gasteiger partial charge in [0.1, 0.15) is 5.75 Å². The lowest BCUT2D eigenvalue weighted by molar-refractivity contribution is -0.0498.